The third-order valence-electron chi connectivity index (χ3n) is 3.35. The first-order valence-corrected chi connectivity index (χ1v) is 8.16. The van der Waals surface area contributed by atoms with E-state index in [1.807, 2.05) is 6.92 Å². The van der Waals surface area contributed by atoms with Crippen LogP contribution in [0.1, 0.15) is 12.5 Å². The molecule has 0 N–H and O–H groups in total. The van der Waals surface area contributed by atoms with Gasteiger partial charge in [-0.3, -0.25) is 9.59 Å². The number of benzene rings is 2. The third kappa shape index (κ3) is 3.33. The molecule has 1 aliphatic heterocycles. The second-order valence-electron chi connectivity index (χ2n) is 5.00. The van der Waals surface area contributed by atoms with E-state index in [-0.39, 0.29) is 10.1 Å². The van der Waals surface area contributed by atoms with Crippen molar-refractivity contribution in [3.63, 3.8) is 0 Å². The van der Waals surface area contributed by atoms with Gasteiger partial charge in [0.25, 0.3) is 11.1 Å². The summed E-state index contributed by atoms with van der Waals surface area (Å²) in [5, 5.41) is -0.383. The zero-order valence-corrected chi connectivity index (χ0v) is 13.7. The number of anilines is 1. The summed E-state index contributed by atoms with van der Waals surface area (Å²) in [6.45, 7) is 2.42. The van der Waals surface area contributed by atoms with Crippen molar-refractivity contribution >= 4 is 34.7 Å². The van der Waals surface area contributed by atoms with Crippen molar-refractivity contribution in [1.29, 1.82) is 0 Å². The number of thioether (sulfide) groups is 1. The van der Waals surface area contributed by atoms with Crippen LogP contribution in [0.2, 0.25) is 0 Å². The van der Waals surface area contributed by atoms with Gasteiger partial charge in [-0.1, -0.05) is 12.1 Å². The Bertz CT molecular complexity index is 817. The van der Waals surface area contributed by atoms with E-state index in [1.54, 1.807) is 36.4 Å². The van der Waals surface area contributed by atoms with Crippen molar-refractivity contribution in [2.45, 2.75) is 6.92 Å². The number of amides is 2. The van der Waals surface area contributed by atoms with Gasteiger partial charge in [-0.2, -0.15) is 0 Å². The summed E-state index contributed by atoms with van der Waals surface area (Å²) in [5.41, 5.74) is 1.01. The molecule has 0 bridgehead atoms. The van der Waals surface area contributed by atoms with Crippen molar-refractivity contribution in [2.75, 3.05) is 11.5 Å². The first kappa shape index (κ1) is 16.3. The van der Waals surface area contributed by atoms with Crippen LogP contribution in [0.25, 0.3) is 6.08 Å². The molecule has 0 saturated carbocycles. The molecular weight excluding hydrogens is 329 g/mol. The highest BCUT2D eigenvalue weighted by atomic mass is 32.2. The fourth-order valence-electron chi connectivity index (χ4n) is 2.30. The zero-order chi connectivity index (χ0) is 17.1. The van der Waals surface area contributed by atoms with E-state index in [4.69, 9.17) is 4.74 Å². The molecule has 2 aromatic rings. The van der Waals surface area contributed by atoms with Gasteiger partial charge < -0.3 is 4.74 Å². The minimum absolute atomic E-state index is 0.263. The molecular formula is C18H14FNO3S. The van der Waals surface area contributed by atoms with E-state index in [9.17, 15) is 14.0 Å². The number of carbonyl (C=O) groups excluding carboxylic acids is 2. The number of halogens is 1. The van der Waals surface area contributed by atoms with Gasteiger partial charge in [0.15, 0.2) is 0 Å². The van der Waals surface area contributed by atoms with Crippen LogP contribution in [0.3, 0.4) is 0 Å². The Morgan fingerprint density at radius 2 is 1.92 bits per heavy atom. The van der Waals surface area contributed by atoms with Gasteiger partial charge >= 0.3 is 0 Å². The molecule has 0 spiro atoms. The number of hydrogen-bond acceptors (Lipinski definition) is 4. The molecule has 1 aliphatic rings. The number of carbonyl (C=O) groups is 2. The Hall–Kier alpha value is -2.60. The minimum Gasteiger partial charge on any atom is -0.494 e. The standard InChI is InChI=1S/C18H14FNO3S/c1-2-23-15-8-6-14(7-9-15)20-17(21)16(24-18(20)22)11-12-4-3-5-13(19)10-12/h3-11H,2H2,1H3. The van der Waals surface area contributed by atoms with Gasteiger partial charge in [0, 0.05) is 0 Å². The quantitative estimate of drug-likeness (QED) is 0.769. The van der Waals surface area contributed by atoms with E-state index < -0.39 is 11.7 Å². The first-order valence-electron chi connectivity index (χ1n) is 7.35. The normalized spacial score (nSPS) is 16.1. The van der Waals surface area contributed by atoms with Gasteiger partial charge in [-0.05, 0) is 66.7 Å². The van der Waals surface area contributed by atoms with E-state index in [0.29, 0.717) is 23.6 Å². The van der Waals surface area contributed by atoms with Crippen LogP contribution >= 0.6 is 11.8 Å². The first-order chi connectivity index (χ1) is 11.6. The second-order valence-corrected chi connectivity index (χ2v) is 5.99. The summed E-state index contributed by atoms with van der Waals surface area (Å²) < 4.78 is 18.6. The lowest BCUT2D eigenvalue weighted by molar-refractivity contribution is -0.113. The average Bonchev–Trinajstić information content (AvgIpc) is 2.83. The van der Waals surface area contributed by atoms with E-state index in [0.717, 1.165) is 16.7 Å². The van der Waals surface area contributed by atoms with E-state index >= 15 is 0 Å². The Morgan fingerprint density at radius 3 is 2.58 bits per heavy atom. The molecule has 2 aromatic carbocycles. The summed E-state index contributed by atoms with van der Waals surface area (Å²) >= 11 is 0.837. The maximum Gasteiger partial charge on any atom is 0.298 e. The van der Waals surface area contributed by atoms with Gasteiger partial charge in [0.1, 0.15) is 11.6 Å². The molecule has 2 amide bonds. The Kier molecular flexibility index (Phi) is 4.66. The summed E-state index contributed by atoms with van der Waals surface area (Å²) in [6, 6.07) is 12.6. The van der Waals surface area contributed by atoms with Gasteiger partial charge in [0.2, 0.25) is 0 Å². The van der Waals surface area contributed by atoms with Crippen LogP contribution in [0.15, 0.2) is 53.4 Å². The zero-order valence-electron chi connectivity index (χ0n) is 12.9. The number of ether oxygens (including phenoxy) is 1. The summed E-state index contributed by atoms with van der Waals surface area (Å²) in [5.74, 6) is -0.142. The highest BCUT2D eigenvalue weighted by Crippen LogP contribution is 2.36. The van der Waals surface area contributed by atoms with Crippen LogP contribution in [-0.4, -0.2) is 17.8 Å². The molecule has 1 heterocycles. The lowest BCUT2D eigenvalue weighted by Crippen LogP contribution is -2.27. The van der Waals surface area contributed by atoms with Gasteiger partial charge in [0.05, 0.1) is 17.2 Å². The molecule has 0 aromatic heterocycles. The molecule has 1 saturated heterocycles. The summed E-state index contributed by atoms with van der Waals surface area (Å²) in [4.78, 5) is 26.1. The largest absolute Gasteiger partial charge is 0.494 e. The maximum atomic E-state index is 13.2. The molecule has 1 fully saturated rings. The van der Waals surface area contributed by atoms with E-state index in [2.05, 4.69) is 0 Å². The lowest BCUT2D eigenvalue weighted by atomic mass is 10.2. The molecule has 4 nitrogen and oxygen atoms in total. The number of hydrogen-bond donors (Lipinski definition) is 0. The van der Waals surface area contributed by atoms with Crippen molar-refractivity contribution in [3.8, 4) is 5.75 Å². The fraction of sp³-hybridized carbons (Fsp3) is 0.111. The SMILES string of the molecule is CCOc1ccc(N2C(=O)SC(=Cc3cccc(F)c3)C2=O)cc1. The van der Waals surface area contributed by atoms with Crippen LogP contribution in [0, 0.1) is 5.82 Å². The van der Waals surface area contributed by atoms with Crippen molar-refractivity contribution in [3.05, 3.63) is 64.8 Å². The Morgan fingerprint density at radius 1 is 1.17 bits per heavy atom. The number of rotatable bonds is 4. The minimum atomic E-state index is -0.418. The summed E-state index contributed by atoms with van der Waals surface area (Å²) in [6.07, 6.45) is 1.52. The van der Waals surface area contributed by atoms with Crippen LogP contribution < -0.4 is 9.64 Å². The topological polar surface area (TPSA) is 46.6 Å². The third-order valence-corrected chi connectivity index (χ3v) is 4.22. The molecule has 0 unspecified atom stereocenters. The number of imide groups is 1. The summed E-state index contributed by atoms with van der Waals surface area (Å²) in [7, 11) is 0. The lowest BCUT2D eigenvalue weighted by Gasteiger charge is -2.13. The van der Waals surface area contributed by atoms with Crippen LogP contribution in [0.5, 0.6) is 5.75 Å². The van der Waals surface area contributed by atoms with Crippen LogP contribution in [0.4, 0.5) is 14.9 Å². The van der Waals surface area contributed by atoms with Crippen molar-refractivity contribution in [1.82, 2.24) is 0 Å². The molecule has 24 heavy (non-hydrogen) atoms. The molecule has 0 aliphatic carbocycles. The Labute approximate surface area is 142 Å². The van der Waals surface area contributed by atoms with Gasteiger partial charge in [-0.15, -0.1) is 0 Å². The van der Waals surface area contributed by atoms with Crippen LogP contribution in [-0.2, 0) is 4.79 Å². The molecule has 122 valence electrons. The maximum absolute atomic E-state index is 13.2. The monoisotopic (exact) mass is 343 g/mol. The fourth-order valence-corrected chi connectivity index (χ4v) is 3.14. The molecule has 0 atom stereocenters. The van der Waals surface area contributed by atoms with E-state index in [1.165, 1.54) is 18.2 Å². The van der Waals surface area contributed by atoms with Crippen molar-refractivity contribution < 1.29 is 18.7 Å². The Balaban J connectivity index is 1.86. The smallest absolute Gasteiger partial charge is 0.298 e. The molecule has 6 heteroatoms. The highest BCUT2D eigenvalue weighted by molar-refractivity contribution is 8.19. The van der Waals surface area contributed by atoms with Crippen molar-refractivity contribution in [2.24, 2.45) is 0 Å². The van der Waals surface area contributed by atoms with Gasteiger partial charge in [-0.25, -0.2) is 9.29 Å². The highest BCUT2D eigenvalue weighted by Gasteiger charge is 2.36. The molecule has 3 rings (SSSR count). The average molecular weight is 343 g/mol. The second kappa shape index (κ2) is 6.88. The predicted octanol–water partition coefficient (Wildman–Crippen LogP) is 4.47. The number of nitrogens with zero attached hydrogens (tertiary/aromatic N) is 1. The predicted molar refractivity (Wildman–Crippen MR) is 92.5 cm³/mol. The molecule has 0 radical (unpaired) electrons.